The summed E-state index contributed by atoms with van der Waals surface area (Å²) in [6.45, 7) is 4.57. The van der Waals surface area contributed by atoms with Gasteiger partial charge in [0.15, 0.2) is 12.1 Å². The molecule has 0 radical (unpaired) electrons. The van der Waals surface area contributed by atoms with Crippen LogP contribution in [0.3, 0.4) is 0 Å². The number of hydrogen-bond acceptors (Lipinski definition) is 5. The number of nitrogens with one attached hydrogen (secondary N) is 2. The van der Waals surface area contributed by atoms with Crippen molar-refractivity contribution in [2.24, 2.45) is 5.92 Å². The molecular formula is C29H32N4O4. The number of benzene rings is 2. The van der Waals surface area contributed by atoms with Gasteiger partial charge in [0.2, 0.25) is 11.8 Å². The Hall–Kier alpha value is -4.20. The molecule has 1 aromatic heterocycles. The molecule has 37 heavy (non-hydrogen) atoms. The number of cyclic esters (lactones) is 1. The van der Waals surface area contributed by atoms with Gasteiger partial charge in [-0.25, -0.2) is 4.79 Å². The van der Waals surface area contributed by atoms with Crippen molar-refractivity contribution < 1.29 is 19.1 Å². The fourth-order valence-electron chi connectivity index (χ4n) is 4.33. The average Bonchev–Trinajstić information content (AvgIpc) is 3.20. The number of hydrogen-bond donors (Lipinski definition) is 2. The van der Waals surface area contributed by atoms with Crippen molar-refractivity contribution in [3.05, 3.63) is 95.8 Å². The second-order valence-electron chi connectivity index (χ2n) is 9.50. The molecule has 0 aliphatic carbocycles. The molecule has 1 aliphatic heterocycles. The smallest absolute Gasteiger partial charge is 0.411 e. The van der Waals surface area contributed by atoms with Crippen LogP contribution < -0.4 is 10.6 Å². The Morgan fingerprint density at radius 2 is 1.81 bits per heavy atom. The Bertz CT molecular complexity index is 1220. The lowest BCUT2D eigenvalue weighted by atomic mass is 10.00. The normalized spacial score (nSPS) is 16.9. The number of aromatic nitrogens is 1. The Morgan fingerprint density at radius 1 is 1.03 bits per heavy atom. The summed E-state index contributed by atoms with van der Waals surface area (Å²) in [6.07, 6.45) is 1.29. The third kappa shape index (κ3) is 6.94. The molecule has 1 fully saturated rings. The van der Waals surface area contributed by atoms with Crippen molar-refractivity contribution in [3.63, 3.8) is 0 Å². The van der Waals surface area contributed by atoms with Gasteiger partial charge in [0.1, 0.15) is 0 Å². The summed E-state index contributed by atoms with van der Waals surface area (Å²) in [7, 11) is 0. The van der Waals surface area contributed by atoms with E-state index in [9.17, 15) is 14.4 Å². The van der Waals surface area contributed by atoms with Crippen molar-refractivity contribution in [2.75, 3.05) is 11.9 Å². The van der Waals surface area contributed by atoms with Crippen molar-refractivity contribution in [2.45, 2.75) is 45.4 Å². The molecule has 8 heteroatoms. The van der Waals surface area contributed by atoms with Gasteiger partial charge in [0, 0.05) is 37.0 Å². The minimum absolute atomic E-state index is 0.0925. The minimum Gasteiger partial charge on any atom is -0.438 e. The van der Waals surface area contributed by atoms with Crippen molar-refractivity contribution in [3.8, 4) is 0 Å². The van der Waals surface area contributed by atoms with Crippen LogP contribution in [-0.2, 0) is 27.3 Å². The largest absolute Gasteiger partial charge is 0.438 e. The van der Waals surface area contributed by atoms with Crippen LogP contribution in [0, 0.1) is 5.92 Å². The van der Waals surface area contributed by atoms with Gasteiger partial charge in [-0.3, -0.25) is 19.5 Å². The van der Waals surface area contributed by atoms with E-state index in [0.717, 1.165) is 11.3 Å². The number of amides is 3. The van der Waals surface area contributed by atoms with Crippen LogP contribution >= 0.6 is 0 Å². The SMILES string of the molecule is CC(C)CC(=O)Nc1cccc(C2OC(=O)N(Cc3ccccc3)C2C(=O)NCCc2ccccn2)c1. The van der Waals surface area contributed by atoms with Gasteiger partial charge in [-0.15, -0.1) is 0 Å². The van der Waals surface area contributed by atoms with Gasteiger partial charge in [-0.05, 0) is 41.3 Å². The van der Waals surface area contributed by atoms with Crippen LogP contribution in [0.4, 0.5) is 10.5 Å². The van der Waals surface area contributed by atoms with Crippen LogP contribution in [0.25, 0.3) is 0 Å². The number of rotatable bonds is 10. The van der Waals surface area contributed by atoms with Gasteiger partial charge < -0.3 is 15.4 Å². The van der Waals surface area contributed by atoms with E-state index in [0.29, 0.717) is 30.6 Å². The van der Waals surface area contributed by atoms with E-state index in [-0.39, 0.29) is 24.3 Å². The zero-order valence-corrected chi connectivity index (χ0v) is 21.1. The fourth-order valence-corrected chi connectivity index (χ4v) is 4.33. The summed E-state index contributed by atoms with van der Waals surface area (Å²) in [4.78, 5) is 44.5. The Labute approximate surface area is 217 Å². The predicted octanol–water partition coefficient (Wildman–Crippen LogP) is 4.49. The molecule has 1 saturated heterocycles. The number of ether oxygens (including phenoxy) is 1. The van der Waals surface area contributed by atoms with Gasteiger partial charge in [0.25, 0.3) is 0 Å². The first kappa shape index (κ1) is 25.9. The zero-order chi connectivity index (χ0) is 26.2. The summed E-state index contributed by atoms with van der Waals surface area (Å²) >= 11 is 0. The molecule has 0 spiro atoms. The summed E-state index contributed by atoms with van der Waals surface area (Å²) in [5.74, 6) is -0.174. The Balaban J connectivity index is 1.55. The van der Waals surface area contributed by atoms with Gasteiger partial charge in [0.05, 0.1) is 6.54 Å². The maximum atomic E-state index is 13.5. The van der Waals surface area contributed by atoms with Crippen LogP contribution in [0.5, 0.6) is 0 Å². The lowest BCUT2D eigenvalue weighted by molar-refractivity contribution is -0.126. The average molecular weight is 501 g/mol. The molecule has 0 saturated carbocycles. The molecule has 2 atom stereocenters. The molecule has 3 amide bonds. The number of anilines is 1. The topological polar surface area (TPSA) is 101 Å². The standard InChI is InChI=1S/C29H32N4O4/c1-20(2)17-25(34)32-24-13-8-11-22(18-24)27-26(28(35)31-16-14-23-12-6-7-15-30-23)33(29(36)37-27)19-21-9-4-3-5-10-21/h3-13,15,18,20,26-27H,14,16-17,19H2,1-2H3,(H,31,35)(H,32,34). The second kappa shape index (κ2) is 12.2. The van der Waals surface area contributed by atoms with E-state index in [1.165, 1.54) is 4.90 Å². The van der Waals surface area contributed by atoms with E-state index in [1.54, 1.807) is 30.5 Å². The lowest BCUT2D eigenvalue weighted by Gasteiger charge is -2.24. The molecule has 2 N–H and O–H groups in total. The van der Waals surface area contributed by atoms with Crippen LogP contribution in [-0.4, -0.2) is 40.4 Å². The van der Waals surface area contributed by atoms with Crippen molar-refractivity contribution in [1.82, 2.24) is 15.2 Å². The number of carbonyl (C=O) groups is 3. The minimum atomic E-state index is -0.877. The van der Waals surface area contributed by atoms with Crippen LogP contribution in [0.2, 0.25) is 0 Å². The molecule has 4 rings (SSSR count). The quantitative estimate of drug-likeness (QED) is 0.427. The maximum Gasteiger partial charge on any atom is 0.411 e. The first-order chi connectivity index (χ1) is 17.9. The summed E-state index contributed by atoms with van der Waals surface area (Å²) in [6, 6.07) is 21.4. The van der Waals surface area contributed by atoms with Crippen molar-refractivity contribution >= 4 is 23.6 Å². The number of pyridine rings is 1. The molecule has 3 aromatic rings. The van der Waals surface area contributed by atoms with Crippen molar-refractivity contribution in [1.29, 1.82) is 0 Å². The third-order valence-electron chi connectivity index (χ3n) is 6.05. The van der Waals surface area contributed by atoms with E-state index >= 15 is 0 Å². The summed E-state index contributed by atoms with van der Waals surface area (Å²) < 4.78 is 5.76. The first-order valence-corrected chi connectivity index (χ1v) is 12.5. The lowest BCUT2D eigenvalue weighted by Crippen LogP contribution is -2.46. The predicted molar refractivity (Wildman–Crippen MR) is 140 cm³/mol. The van der Waals surface area contributed by atoms with E-state index in [4.69, 9.17) is 4.74 Å². The summed E-state index contributed by atoms with van der Waals surface area (Å²) in [5, 5.41) is 5.85. The summed E-state index contributed by atoms with van der Waals surface area (Å²) in [5.41, 5.74) is 2.98. The van der Waals surface area contributed by atoms with E-state index in [2.05, 4.69) is 15.6 Å². The number of carbonyl (C=O) groups excluding carboxylic acids is 3. The van der Waals surface area contributed by atoms with Crippen LogP contribution in [0.15, 0.2) is 79.0 Å². The molecular weight excluding hydrogens is 468 g/mol. The molecule has 2 aromatic carbocycles. The monoisotopic (exact) mass is 500 g/mol. The highest BCUT2D eigenvalue weighted by Crippen LogP contribution is 2.35. The molecule has 0 bridgehead atoms. The molecule has 2 unspecified atom stereocenters. The highest BCUT2D eigenvalue weighted by Gasteiger charge is 2.47. The van der Waals surface area contributed by atoms with Crippen LogP contribution in [0.1, 0.15) is 43.2 Å². The zero-order valence-electron chi connectivity index (χ0n) is 21.1. The fraction of sp³-hybridized carbons (Fsp3) is 0.310. The molecule has 192 valence electrons. The van der Waals surface area contributed by atoms with Gasteiger partial charge in [-0.2, -0.15) is 0 Å². The Kier molecular flexibility index (Phi) is 8.51. The third-order valence-corrected chi connectivity index (χ3v) is 6.05. The Morgan fingerprint density at radius 3 is 2.54 bits per heavy atom. The number of nitrogens with zero attached hydrogens (tertiary/aromatic N) is 2. The van der Waals surface area contributed by atoms with Gasteiger partial charge >= 0.3 is 6.09 Å². The second-order valence-corrected chi connectivity index (χ2v) is 9.50. The maximum absolute atomic E-state index is 13.5. The highest BCUT2D eigenvalue weighted by atomic mass is 16.6. The van der Waals surface area contributed by atoms with E-state index in [1.807, 2.05) is 62.4 Å². The molecule has 2 heterocycles. The first-order valence-electron chi connectivity index (χ1n) is 12.5. The molecule has 1 aliphatic rings. The van der Waals surface area contributed by atoms with E-state index < -0.39 is 18.2 Å². The molecule has 8 nitrogen and oxygen atoms in total. The van der Waals surface area contributed by atoms with Gasteiger partial charge in [-0.1, -0.05) is 62.4 Å². The highest BCUT2D eigenvalue weighted by molar-refractivity contribution is 5.91.